The summed E-state index contributed by atoms with van der Waals surface area (Å²) in [6, 6.07) is 8.43. The van der Waals surface area contributed by atoms with Crippen molar-refractivity contribution >= 4 is 5.97 Å². The van der Waals surface area contributed by atoms with Crippen molar-refractivity contribution in [2.45, 2.75) is 46.2 Å². The number of alkyl halides is 3. The van der Waals surface area contributed by atoms with Gasteiger partial charge in [0.1, 0.15) is 17.8 Å². The number of halogens is 3. The summed E-state index contributed by atoms with van der Waals surface area (Å²) in [6.07, 6.45) is -4.17. The lowest BCUT2D eigenvalue weighted by Gasteiger charge is -2.18. The van der Waals surface area contributed by atoms with Crippen molar-refractivity contribution in [2.75, 3.05) is 0 Å². The third kappa shape index (κ3) is 5.73. The van der Waals surface area contributed by atoms with Crippen molar-refractivity contribution in [2.24, 2.45) is 0 Å². The van der Waals surface area contributed by atoms with E-state index in [-0.39, 0.29) is 6.54 Å². The van der Waals surface area contributed by atoms with Crippen LogP contribution in [0, 0.1) is 13.8 Å². The van der Waals surface area contributed by atoms with Crippen molar-refractivity contribution in [1.29, 1.82) is 0 Å². The van der Waals surface area contributed by atoms with Crippen molar-refractivity contribution in [3.05, 3.63) is 69.9 Å². The predicted octanol–water partition coefficient (Wildman–Crippen LogP) is 3.84. The number of aliphatic carboxylic acids is 1. The average Bonchev–Trinajstić information content (AvgIpc) is 3.07. The topological polar surface area (TPSA) is 95.6 Å². The fraction of sp³-hybridized carbons (Fsp3) is 0.318. The maximum absolute atomic E-state index is 12.7. The summed E-state index contributed by atoms with van der Waals surface area (Å²) >= 11 is 0. The molecule has 0 saturated heterocycles. The van der Waals surface area contributed by atoms with Gasteiger partial charge in [-0.15, -0.1) is 13.2 Å². The van der Waals surface area contributed by atoms with Gasteiger partial charge in [-0.05, 0) is 61.2 Å². The molecule has 176 valence electrons. The number of rotatable bonds is 8. The summed E-state index contributed by atoms with van der Waals surface area (Å²) in [7, 11) is 0. The molecule has 1 atom stereocenters. The van der Waals surface area contributed by atoms with Gasteiger partial charge >= 0.3 is 18.0 Å². The Bertz CT molecular complexity index is 1180. The van der Waals surface area contributed by atoms with Gasteiger partial charge in [-0.25, -0.2) is 18.8 Å². The van der Waals surface area contributed by atoms with E-state index in [0.29, 0.717) is 17.9 Å². The summed E-state index contributed by atoms with van der Waals surface area (Å²) in [5, 5.41) is 13.3. The Hall–Kier alpha value is -3.76. The van der Waals surface area contributed by atoms with Crippen molar-refractivity contribution < 1.29 is 32.5 Å². The molecule has 0 aliphatic heterocycles. The third-order valence-electron chi connectivity index (χ3n) is 4.84. The van der Waals surface area contributed by atoms with Crippen LogP contribution in [0.5, 0.6) is 11.5 Å². The second-order valence-corrected chi connectivity index (χ2v) is 7.39. The largest absolute Gasteiger partial charge is 0.573 e. The van der Waals surface area contributed by atoms with Gasteiger partial charge in [0.25, 0.3) is 0 Å². The number of aromatic nitrogens is 3. The zero-order valence-corrected chi connectivity index (χ0v) is 18.1. The van der Waals surface area contributed by atoms with Crippen molar-refractivity contribution in [3.8, 4) is 17.2 Å². The second-order valence-electron chi connectivity index (χ2n) is 7.39. The van der Waals surface area contributed by atoms with Crippen LogP contribution in [0.3, 0.4) is 0 Å². The fourth-order valence-corrected chi connectivity index (χ4v) is 3.37. The van der Waals surface area contributed by atoms with Gasteiger partial charge in [0.2, 0.25) is 0 Å². The molecule has 0 amide bonds. The molecule has 1 aromatic heterocycles. The molecule has 1 N–H and O–H groups in total. The van der Waals surface area contributed by atoms with Gasteiger partial charge in [-0.3, -0.25) is 0 Å². The monoisotopic (exact) mass is 465 g/mol. The van der Waals surface area contributed by atoms with Crippen LogP contribution in [-0.2, 0) is 11.3 Å². The van der Waals surface area contributed by atoms with E-state index < -0.39 is 29.9 Å². The molecular weight excluding hydrogens is 443 g/mol. The highest BCUT2D eigenvalue weighted by molar-refractivity contribution is 5.72. The number of ether oxygens (including phenoxy) is 2. The number of benzene rings is 2. The second kappa shape index (κ2) is 9.39. The Labute approximate surface area is 186 Å². The smallest absolute Gasteiger partial charge is 0.479 e. The Kier molecular flexibility index (Phi) is 6.80. The van der Waals surface area contributed by atoms with E-state index in [4.69, 9.17) is 4.74 Å². The molecule has 0 aliphatic rings. The molecule has 1 unspecified atom stereocenters. The summed E-state index contributed by atoms with van der Waals surface area (Å²) in [5.74, 6) is -0.962. The first-order valence-corrected chi connectivity index (χ1v) is 9.98. The van der Waals surface area contributed by atoms with E-state index in [1.54, 1.807) is 32.9 Å². The molecule has 0 radical (unpaired) electrons. The molecule has 0 saturated carbocycles. The van der Waals surface area contributed by atoms with Crippen molar-refractivity contribution in [3.63, 3.8) is 0 Å². The highest BCUT2D eigenvalue weighted by Crippen LogP contribution is 2.27. The fourth-order valence-electron chi connectivity index (χ4n) is 3.37. The predicted molar refractivity (Wildman–Crippen MR) is 112 cm³/mol. The molecule has 0 spiro atoms. The third-order valence-corrected chi connectivity index (χ3v) is 4.84. The highest BCUT2D eigenvalue weighted by Gasteiger charge is 2.31. The number of aryl methyl sites for hydroxylation is 2. The van der Waals surface area contributed by atoms with Crippen LogP contribution >= 0.6 is 0 Å². The quantitative estimate of drug-likeness (QED) is 0.543. The van der Waals surface area contributed by atoms with E-state index in [1.807, 2.05) is 0 Å². The number of carboxylic acid groups (broad SMARTS) is 1. The maximum atomic E-state index is 12.7. The van der Waals surface area contributed by atoms with Gasteiger partial charge < -0.3 is 14.6 Å². The minimum Gasteiger partial charge on any atom is -0.479 e. The van der Waals surface area contributed by atoms with E-state index in [9.17, 15) is 27.9 Å². The molecule has 0 fully saturated rings. The maximum Gasteiger partial charge on any atom is 0.573 e. The molecular formula is C22H22F3N3O5. The van der Waals surface area contributed by atoms with Gasteiger partial charge in [-0.2, -0.15) is 5.10 Å². The van der Waals surface area contributed by atoms with E-state index in [1.165, 1.54) is 27.7 Å². The average molecular weight is 465 g/mol. The van der Waals surface area contributed by atoms with Gasteiger partial charge in [-0.1, -0.05) is 19.1 Å². The van der Waals surface area contributed by atoms with Crippen LogP contribution in [-0.4, -0.2) is 37.9 Å². The molecule has 1 heterocycles. The molecule has 0 bridgehead atoms. The first kappa shape index (κ1) is 23.9. The first-order valence-electron chi connectivity index (χ1n) is 9.98. The number of hydrogen-bond acceptors (Lipinski definition) is 5. The Morgan fingerprint density at radius 1 is 1.15 bits per heavy atom. The van der Waals surface area contributed by atoms with Crippen LogP contribution in [0.1, 0.15) is 30.0 Å². The van der Waals surface area contributed by atoms with Crippen LogP contribution < -0.4 is 15.2 Å². The Morgan fingerprint density at radius 2 is 1.76 bits per heavy atom. The Morgan fingerprint density at radius 3 is 2.27 bits per heavy atom. The number of carboxylic acids is 1. The standard InChI is InChI=1S/C22H22F3N3O5/c1-4-18(20(29)30)32-19-13(2)9-15(10-14(19)3)11-28-21(31)27(12-26-28)16-5-7-17(8-6-16)33-22(23,24)25/h5-10,12,18H,4,11H2,1-3H3,(H,29,30). The molecule has 3 aromatic rings. The summed E-state index contributed by atoms with van der Waals surface area (Å²) in [6.45, 7) is 5.43. The zero-order chi connectivity index (χ0) is 24.3. The van der Waals surface area contributed by atoms with E-state index in [2.05, 4.69) is 9.84 Å². The molecule has 8 nitrogen and oxygen atoms in total. The number of nitrogens with zero attached hydrogens (tertiary/aromatic N) is 3. The van der Waals surface area contributed by atoms with Crippen LogP contribution in [0.2, 0.25) is 0 Å². The van der Waals surface area contributed by atoms with Gasteiger partial charge in [0.15, 0.2) is 6.10 Å². The molecule has 3 rings (SSSR count). The zero-order valence-electron chi connectivity index (χ0n) is 18.1. The van der Waals surface area contributed by atoms with Crippen LogP contribution in [0.25, 0.3) is 5.69 Å². The lowest BCUT2D eigenvalue weighted by molar-refractivity contribution is -0.274. The molecule has 33 heavy (non-hydrogen) atoms. The SMILES string of the molecule is CCC(Oc1c(C)cc(Cn2ncn(-c3ccc(OC(F)(F)F)cc3)c2=O)cc1C)C(=O)O. The lowest BCUT2D eigenvalue weighted by atomic mass is 10.1. The summed E-state index contributed by atoms with van der Waals surface area (Å²) in [5.41, 5.74) is 2.04. The van der Waals surface area contributed by atoms with Gasteiger partial charge in [0, 0.05) is 0 Å². The summed E-state index contributed by atoms with van der Waals surface area (Å²) in [4.78, 5) is 24.0. The molecule has 2 aromatic carbocycles. The molecule has 11 heteroatoms. The Balaban J connectivity index is 1.80. The normalized spacial score (nSPS) is 12.4. The van der Waals surface area contributed by atoms with Crippen molar-refractivity contribution in [1.82, 2.24) is 14.3 Å². The van der Waals surface area contributed by atoms with E-state index >= 15 is 0 Å². The first-order chi connectivity index (χ1) is 15.5. The minimum atomic E-state index is -4.80. The van der Waals surface area contributed by atoms with Crippen LogP contribution in [0.15, 0.2) is 47.5 Å². The number of carbonyl (C=O) groups is 1. The molecule has 0 aliphatic carbocycles. The number of hydrogen-bond donors (Lipinski definition) is 1. The van der Waals surface area contributed by atoms with Crippen LogP contribution in [0.4, 0.5) is 13.2 Å². The minimum absolute atomic E-state index is 0.138. The van der Waals surface area contributed by atoms with Gasteiger partial charge in [0.05, 0.1) is 12.2 Å². The van der Waals surface area contributed by atoms with E-state index in [0.717, 1.165) is 28.8 Å². The summed E-state index contributed by atoms with van der Waals surface area (Å²) < 4.78 is 48.8. The lowest BCUT2D eigenvalue weighted by Crippen LogP contribution is -2.27. The highest BCUT2D eigenvalue weighted by atomic mass is 19.4.